The first-order valence-electron chi connectivity index (χ1n) is 10.1. The summed E-state index contributed by atoms with van der Waals surface area (Å²) in [5.74, 6) is -0.0259. The van der Waals surface area contributed by atoms with Gasteiger partial charge in [-0.05, 0) is 55.2 Å². The van der Waals surface area contributed by atoms with Crippen molar-refractivity contribution < 1.29 is 19.0 Å². The number of nitrogens with zero attached hydrogens (tertiary/aromatic N) is 2. The predicted molar refractivity (Wildman–Crippen MR) is 120 cm³/mol. The molecule has 0 bridgehead atoms. The number of aromatic carboxylic acids is 1. The minimum absolute atomic E-state index is 0.194. The molecule has 0 saturated heterocycles. The van der Waals surface area contributed by atoms with Gasteiger partial charge in [0.1, 0.15) is 22.4 Å². The first-order chi connectivity index (χ1) is 15.5. The van der Waals surface area contributed by atoms with Crippen LogP contribution in [-0.2, 0) is 19.3 Å². The Bertz CT molecular complexity index is 1190. The molecular weight excluding hydrogens is 429 g/mol. The summed E-state index contributed by atoms with van der Waals surface area (Å²) < 4.78 is 19.3. The molecule has 0 aliphatic heterocycles. The Hall–Kier alpha value is -3.52. The maximum atomic E-state index is 13.1. The number of aromatic nitrogens is 3. The van der Waals surface area contributed by atoms with Crippen LogP contribution >= 0.6 is 11.3 Å². The topological polar surface area (TPSA) is 88.1 Å². The van der Waals surface area contributed by atoms with Crippen molar-refractivity contribution in [3.05, 3.63) is 99.3 Å². The molecule has 0 saturated carbocycles. The Balaban J connectivity index is 1.53. The minimum atomic E-state index is -1.01. The minimum Gasteiger partial charge on any atom is -0.483 e. The van der Waals surface area contributed by atoms with Gasteiger partial charge >= 0.3 is 5.97 Å². The molecule has 2 aromatic carbocycles. The fraction of sp³-hybridized carbons (Fsp3) is 0.208. The molecule has 0 aliphatic rings. The quantitative estimate of drug-likeness (QED) is 0.367. The van der Waals surface area contributed by atoms with Crippen molar-refractivity contribution in [3.63, 3.8) is 0 Å². The smallest absolute Gasteiger partial charge is 0.336 e. The van der Waals surface area contributed by atoms with E-state index in [2.05, 4.69) is 15.0 Å². The molecule has 164 valence electrons. The average molecular weight is 452 g/mol. The van der Waals surface area contributed by atoms with Crippen LogP contribution in [0.25, 0.3) is 0 Å². The van der Waals surface area contributed by atoms with E-state index < -0.39 is 5.97 Å². The Morgan fingerprint density at radius 1 is 1.19 bits per heavy atom. The number of ether oxygens (including phenoxy) is 1. The van der Waals surface area contributed by atoms with Crippen LogP contribution in [0, 0.1) is 12.7 Å². The standard InChI is InChI=1S/C24H22FN3O3S/c1-15-27-14-19(28-15)12-22(23-26-10-11-32-23)31-20-9-6-17(21(13-20)24(29)30)5-2-16-3-7-18(25)8-4-16/h3-4,6-11,13-14,22H,2,5,12H2,1H3,(H,27,28)(H,29,30). The Kier molecular flexibility index (Phi) is 6.61. The molecular formula is C24H22FN3O3S. The Morgan fingerprint density at radius 2 is 2.00 bits per heavy atom. The first kappa shape index (κ1) is 21.7. The number of imidazole rings is 1. The monoisotopic (exact) mass is 451 g/mol. The number of aromatic amines is 1. The van der Waals surface area contributed by atoms with Crippen LogP contribution in [0.1, 0.15) is 44.1 Å². The molecule has 0 aliphatic carbocycles. The summed E-state index contributed by atoms with van der Waals surface area (Å²) in [6, 6.07) is 11.4. The van der Waals surface area contributed by atoms with Gasteiger partial charge < -0.3 is 14.8 Å². The largest absolute Gasteiger partial charge is 0.483 e. The number of hydrogen-bond donors (Lipinski definition) is 2. The molecule has 32 heavy (non-hydrogen) atoms. The second-order valence-corrected chi connectivity index (χ2v) is 8.35. The molecule has 1 unspecified atom stereocenters. The van der Waals surface area contributed by atoms with E-state index in [1.54, 1.807) is 42.7 Å². The number of halogens is 1. The lowest BCUT2D eigenvalue weighted by molar-refractivity contribution is 0.0694. The van der Waals surface area contributed by atoms with Gasteiger partial charge in [-0.1, -0.05) is 18.2 Å². The van der Waals surface area contributed by atoms with Crippen LogP contribution in [-0.4, -0.2) is 26.0 Å². The summed E-state index contributed by atoms with van der Waals surface area (Å²) in [6.45, 7) is 1.88. The molecule has 4 aromatic rings. The van der Waals surface area contributed by atoms with Crippen LogP contribution in [0.2, 0.25) is 0 Å². The van der Waals surface area contributed by atoms with Crippen molar-refractivity contribution >= 4 is 17.3 Å². The summed E-state index contributed by atoms with van der Waals surface area (Å²) in [5, 5.41) is 12.4. The Morgan fingerprint density at radius 3 is 2.66 bits per heavy atom. The van der Waals surface area contributed by atoms with Crippen LogP contribution in [0.5, 0.6) is 5.75 Å². The molecule has 0 amide bonds. The fourth-order valence-electron chi connectivity index (χ4n) is 3.49. The van der Waals surface area contributed by atoms with Gasteiger partial charge in [-0.2, -0.15) is 0 Å². The highest BCUT2D eigenvalue weighted by molar-refractivity contribution is 7.09. The van der Waals surface area contributed by atoms with Gasteiger partial charge in [-0.15, -0.1) is 11.3 Å². The van der Waals surface area contributed by atoms with E-state index in [-0.39, 0.29) is 17.5 Å². The molecule has 1 atom stereocenters. The van der Waals surface area contributed by atoms with Crippen molar-refractivity contribution in [2.75, 3.05) is 0 Å². The number of benzene rings is 2. The highest BCUT2D eigenvalue weighted by atomic mass is 32.1. The normalized spacial score (nSPS) is 11.9. The third-order valence-corrected chi connectivity index (χ3v) is 5.94. The van der Waals surface area contributed by atoms with E-state index in [0.29, 0.717) is 30.6 Å². The summed E-state index contributed by atoms with van der Waals surface area (Å²) in [5.41, 5.74) is 2.75. The maximum Gasteiger partial charge on any atom is 0.336 e. The zero-order valence-corrected chi connectivity index (χ0v) is 18.2. The van der Waals surface area contributed by atoms with Gasteiger partial charge in [0.2, 0.25) is 0 Å². The van der Waals surface area contributed by atoms with Crippen LogP contribution in [0.4, 0.5) is 4.39 Å². The number of hydrogen-bond acceptors (Lipinski definition) is 5. The maximum absolute atomic E-state index is 13.1. The lowest BCUT2D eigenvalue weighted by Gasteiger charge is -2.18. The van der Waals surface area contributed by atoms with Crippen LogP contribution < -0.4 is 4.74 Å². The lowest BCUT2D eigenvalue weighted by Crippen LogP contribution is -2.12. The van der Waals surface area contributed by atoms with Crippen molar-refractivity contribution in [3.8, 4) is 5.75 Å². The summed E-state index contributed by atoms with van der Waals surface area (Å²) in [7, 11) is 0. The third-order valence-electron chi connectivity index (χ3n) is 5.07. The molecule has 2 N–H and O–H groups in total. The number of carboxylic acid groups (broad SMARTS) is 1. The van der Waals surface area contributed by atoms with Crippen LogP contribution in [0.15, 0.2) is 60.2 Å². The highest BCUT2D eigenvalue weighted by Gasteiger charge is 2.20. The van der Waals surface area contributed by atoms with Gasteiger partial charge in [0.05, 0.1) is 5.56 Å². The zero-order valence-electron chi connectivity index (χ0n) is 17.4. The predicted octanol–water partition coefficient (Wildman–Crippen LogP) is 5.16. The molecule has 0 fully saturated rings. The van der Waals surface area contributed by atoms with Crippen molar-refractivity contribution in [2.45, 2.75) is 32.3 Å². The lowest BCUT2D eigenvalue weighted by atomic mass is 9.99. The van der Waals surface area contributed by atoms with Gasteiger partial charge in [0, 0.05) is 29.9 Å². The molecule has 0 radical (unpaired) electrons. The Labute approximate surface area is 188 Å². The van der Waals surface area contributed by atoms with E-state index >= 15 is 0 Å². The fourth-order valence-corrected chi connectivity index (χ4v) is 4.15. The number of rotatable bonds is 9. The average Bonchev–Trinajstić information content (AvgIpc) is 3.45. The molecule has 0 spiro atoms. The summed E-state index contributed by atoms with van der Waals surface area (Å²) in [4.78, 5) is 23.7. The first-order valence-corrected chi connectivity index (χ1v) is 11.0. The summed E-state index contributed by atoms with van der Waals surface area (Å²) >= 11 is 1.48. The molecule has 2 aromatic heterocycles. The number of thiazole rings is 1. The molecule has 6 nitrogen and oxygen atoms in total. The van der Waals surface area contributed by atoms with Gasteiger partial charge in [0.15, 0.2) is 6.10 Å². The van der Waals surface area contributed by atoms with Gasteiger partial charge in [-0.25, -0.2) is 19.2 Å². The number of carboxylic acids is 1. The van der Waals surface area contributed by atoms with Crippen LogP contribution in [0.3, 0.4) is 0 Å². The number of carbonyl (C=O) groups is 1. The molecule has 4 rings (SSSR count). The third kappa shape index (κ3) is 5.39. The SMILES string of the molecule is Cc1ncc(CC(Oc2ccc(CCc3ccc(F)cc3)c(C(=O)O)c2)c2nccs2)[nH]1. The highest BCUT2D eigenvalue weighted by Crippen LogP contribution is 2.28. The summed E-state index contributed by atoms with van der Waals surface area (Å²) in [6.07, 6.45) is 4.78. The number of H-pyrrole nitrogens is 1. The molecule has 2 heterocycles. The number of nitrogens with one attached hydrogen (secondary N) is 1. The van der Waals surface area contributed by atoms with E-state index in [0.717, 1.165) is 22.1 Å². The zero-order chi connectivity index (χ0) is 22.5. The van der Waals surface area contributed by atoms with Crippen molar-refractivity contribution in [1.82, 2.24) is 15.0 Å². The van der Waals surface area contributed by atoms with E-state index in [4.69, 9.17) is 4.74 Å². The van der Waals surface area contributed by atoms with Crippen molar-refractivity contribution in [1.29, 1.82) is 0 Å². The van der Waals surface area contributed by atoms with E-state index in [9.17, 15) is 14.3 Å². The van der Waals surface area contributed by atoms with Gasteiger partial charge in [0.25, 0.3) is 0 Å². The van der Waals surface area contributed by atoms with Gasteiger partial charge in [-0.3, -0.25) is 0 Å². The molecule has 8 heteroatoms. The number of aryl methyl sites for hydroxylation is 3. The second kappa shape index (κ2) is 9.74. The van der Waals surface area contributed by atoms with E-state index in [1.807, 2.05) is 12.3 Å². The van der Waals surface area contributed by atoms with E-state index in [1.165, 1.54) is 23.5 Å². The second-order valence-electron chi connectivity index (χ2n) is 7.43. The van der Waals surface area contributed by atoms with Crippen molar-refractivity contribution in [2.24, 2.45) is 0 Å².